The van der Waals surface area contributed by atoms with Gasteiger partial charge in [0, 0.05) is 5.54 Å². The summed E-state index contributed by atoms with van der Waals surface area (Å²) in [5.41, 5.74) is -0.418. The van der Waals surface area contributed by atoms with Gasteiger partial charge in [-0.15, -0.1) is 0 Å². The maximum atomic E-state index is 12.3. The molecule has 0 radical (unpaired) electrons. The quantitative estimate of drug-likeness (QED) is 0.803. The van der Waals surface area contributed by atoms with E-state index in [4.69, 9.17) is 9.47 Å². The number of amides is 1. The summed E-state index contributed by atoms with van der Waals surface area (Å²) >= 11 is 0. The number of ether oxygens (including phenoxy) is 3. The summed E-state index contributed by atoms with van der Waals surface area (Å²) in [5.74, 6) is -1.48. The maximum absolute atomic E-state index is 12.3. The molecule has 0 aromatic heterocycles. The SMILES string of the molecule is COc1cc(C(=O)OC(C)C(=O)NC(C)(C)C)ccc1OC(F)F. The third-order valence-electron chi connectivity index (χ3n) is 2.77. The van der Waals surface area contributed by atoms with Gasteiger partial charge in [-0.3, -0.25) is 4.79 Å². The summed E-state index contributed by atoms with van der Waals surface area (Å²) in [6.45, 7) is 3.81. The molecule has 0 aliphatic carbocycles. The van der Waals surface area contributed by atoms with Gasteiger partial charge in [-0.05, 0) is 45.9 Å². The highest BCUT2D eigenvalue weighted by Crippen LogP contribution is 2.29. The molecule has 0 aliphatic rings. The van der Waals surface area contributed by atoms with E-state index < -0.39 is 30.1 Å². The third kappa shape index (κ3) is 6.02. The minimum atomic E-state index is -3.02. The van der Waals surface area contributed by atoms with Crippen LogP contribution in [0.2, 0.25) is 0 Å². The molecular weight excluding hydrogens is 324 g/mol. The second-order valence-electron chi connectivity index (χ2n) is 6.03. The fraction of sp³-hybridized carbons (Fsp3) is 0.500. The first-order chi connectivity index (χ1) is 11.0. The third-order valence-corrected chi connectivity index (χ3v) is 2.77. The normalized spacial score (nSPS) is 12.5. The Morgan fingerprint density at radius 3 is 2.29 bits per heavy atom. The van der Waals surface area contributed by atoms with Crippen molar-refractivity contribution in [1.29, 1.82) is 0 Å². The van der Waals surface area contributed by atoms with E-state index in [-0.39, 0.29) is 17.1 Å². The van der Waals surface area contributed by atoms with Crippen molar-refractivity contribution in [3.8, 4) is 11.5 Å². The summed E-state index contributed by atoms with van der Waals surface area (Å²) < 4.78 is 38.8. The molecule has 1 atom stereocenters. The molecule has 0 fully saturated rings. The number of halogens is 2. The van der Waals surface area contributed by atoms with Crippen molar-refractivity contribution in [2.75, 3.05) is 7.11 Å². The number of hydrogen-bond donors (Lipinski definition) is 1. The van der Waals surface area contributed by atoms with Gasteiger partial charge < -0.3 is 19.5 Å². The molecule has 6 nitrogen and oxygen atoms in total. The summed E-state index contributed by atoms with van der Waals surface area (Å²) in [6, 6.07) is 3.62. The second-order valence-corrected chi connectivity index (χ2v) is 6.03. The molecule has 134 valence electrons. The molecule has 1 rings (SSSR count). The van der Waals surface area contributed by atoms with Crippen LogP contribution in [0.3, 0.4) is 0 Å². The number of rotatable bonds is 6. The molecule has 0 aliphatic heterocycles. The van der Waals surface area contributed by atoms with Crippen LogP contribution in [-0.4, -0.2) is 37.2 Å². The number of methoxy groups -OCH3 is 1. The van der Waals surface area contributed by atoms with Crippen LogP contribution in [0.15, 0.2) is 18.2 Å². The zero-order valence-corrected chi connectivity index (χ0v) is 14.2. The van der Waals surface area contributed by atoms with E-state index in [1.807, 2.05) is 0 Å². The maximum Gasteiger partial charge on any atom is 0.387 e. The smallest absolute Gasteiger partial charge is 0.387 e. The highest BCUT2D eigenvalue weighted by molar-refractivity contribution is 5.93. The Hall–Kier alpha value is -2.38. The van der Waals surface area contributed by atoms with E-state index >= 15 is 0 Å². The van der Waals surface area contributed by atoms with Gasteiger partial charge in [0.15, 0.2) is 17.6 Å². The molecule has 8 heteroatoms. The molecule has 0 spiro atoms. The molecule has 0 saturated carbocycles. The molecule has 1 N–H and O–H groups in total. The van der Waals surface area contributed by atoms with Gasteiger partial charge >= 0.3 is 12.6 Å². The molecule has 0 heterocycles. The number of carbonyl (C=O) groups is 2. The summed E-state index contributed by atoms with van der Waals surface area (Å²) in [6.07, 6.45) is -1.01. The number of hydrogen-bond acceptors (Lipinski definition) is 5. The molecule has 1 amide bonds. The van der Waals surface area contributed by atoms with E-state index in [1.54, 1.807) is 20.8 Å². The highest BCUT2D eigenvalue weighted by Gasteiger charge is 2.23. The van der Waals surface area contributed by atoms with Crippen molar-refractivity contribution < 1.29 is 32.6 Å². The topological polar surface area (TPSA) is 73.9 Å². The van der Waals surface area contributed by atoms with Gasteiger partial charge in [0.1, 0.15) is 0 Å². The fourth-order valence-corrected chi connectivity index (χ4v) is 1.74. The van der Waals surface area contributed by atoms with Gasteiger partial charge in [-0.2, -0.15) is 8.78 Å². The van der Waals surface area contributed by atoms with Gasteiger partial charge in [-0.1, -0.05) is 0 Å². The van der Waals surface area contributed by atoms with Gasteiger partial charge in [0.2, 0.25) is 0 Å². The van der Waals surface area contributed by atoms with Crippen molar-refractivity contribution in [2.45, 2.75) is 45.9 Å². The van der Waals surface area contributed by atoms with Crippen LogP contribution >= 0.6 is 0 Å². The average molecular weight is 345 g/mol. The largest absolute Gasteiger partial charge is 0.493 e. The van der Waals surface area contributed by atoms with Gasteiger partial charge in [0.25, 0.3) is 5.91 Å². The van der Waals surface area contributed by atoms with Gasteiger partial charge in [-0.25, -0.2) is 4.79 Å². The van der Waals surface area contributed by atoms with E-state index in [9.17, 15) is 18.4 Å². The van der Waals surface area contributed by atoms with E-state index in [0.29, 0.717) is 0 Å². The highest BCUT2D eigenvalue weighted by atomic mass is 19.3. The molecule has 24 heavy (non-hydrogen) atoms. The number of esters is 1. The molecular formula is C16H21F2NO5. The fourth-order valence-electron chi connectivity index (χ4n) is 1.74. The standard InChI is InChI=1S/C16H21F2NO5/c1-9(13(20)19-16(2,3)4)23-14(21)10-6-7-11(24-15(17)18)12(8-10)22-5/h6-9,15H,1-5H3,(H,19,20). The minimum Gasteiger partial charge on any atom is -0.493 e. The zero-order chi connectivity index (χ0) is 18.5. The van der Waals surface area contributed by atoms with E-state index in [1.165, 1.54) is 32.2 Å². The number of nitrogens with one attached hydrogen (secondary N) is 1. The first-order valence-electron chi connectivity index (χ1n) is 7.19. The molecule has 0 saturated heterocycles. The number of benzene rings is 1. The van der Waals surface area contributed by atoms with E-state index in [0.717, 1.165) is 0 Å². The lowest BCUT2D eigenvalue weighted by Gasteiger charge is -2.23. The average Bonchev–Trinajstić information content (AvgIpc) is 2.45. The van der Waals surface area contributed by atoms with Crippen molar-refractivity contribution in [1.82, 2.24) is 5.32 Å². The monoisotopic (exact) mass is 345 g/mol. The molecule has 1 aromatic carbocycles. The lowest BCUT2D eigenvalue weighted by molar-refractivity contribution is -0.130. The Morgan fingerprint density at radius 2 is 1.79 bits per heavy atom. The molecule has 0 bridgehead atoms. The zero-order valence-electron chi connectivity index (χ0n) is 14.2. The van der Waals surface area contributed by atoms with Crippen LogP contribution in [0.4, 0.5) is 8.78 Å². The second kappa shape index (κ2) is 7.94. The first kappa shape index (κ1) is 19.7. The van der Waals surface area contributed by atoms with Gasteiger partial charge in [0.05, 0.1) is 12.7 Å². The van der Waals surface area contributed by atoms with Crippen molar-refractivity contribution in [2.24, 2.45) is 0 Å². The van der Waals surface area contributed by atoms with Crippen LogP contribution in [-0.2, 0) is 9.53 Å². The van der Waals surface area contributed by atoms with E-state index in [2.05, 4.69) is 10.1 Å². The van der Waals surface area contributed by atoms with Crippen molar-refractivity contribution in [3.63, 3.8) is 0 Å². The lowest BCUT2D eigenvalue weighted by atomic mass is 10.1. The van der Waals surface area contributed by atoms with Crippen LogP contribution in [0.5, 0.6) is 11.5 Å². The van der Waals surface area contributed by atoms with Crippen LogP contribution in [0.1, 0.15) is 38.1 Å². The van der Waals surface area contributed by atoms with Crippen LogP contribution in [0, 0.1) is 0 Å². The Balaban J connectivity index is 2.82. The molecule has 1 unspecified atom stereocenters. The Labute approximate surface area is 139 Å². The lowest BCUT2D eigenvalue weighted by Crippen LogP contribution is -2.46. The molecule has 1 aromatic rings. The van der Waals surface area contributed by atoms with Crippen molar-refractivity contribution in [3.05, 3.63) is 23.8 Å². The minimum absolute atomic E-state index is 0.0449. The summed E-state index contributed by atoms with van der Waals surface area (Å²) in [5, 5.41) is 2.68. The Kier molecular flexibility index (Phi) is 6.51. The van der Waals surface area contributed by atoms with Crippen LogP contribution < -0.4 is 14.8 Å². The van der Waals surface area contributed by atoms with Crippen molar-refractivity contribution >= 4 is 11.9 Å². The van der Waals surface area contributed by atoms with Crippen LogP contribution in [0.25, 0.3) is 0 Å². The number of alkyl halides is 2. The Bertz CT molecular complexity index is 599. The summed E-state index contributed by atoms with van der Waals surface area (Å²) in [7, 11) is 1.25. The Morgan fingerprint density at radius 1 is 1.17 bits per heavy atom. The summed E-state index contributed by atoms with van der Waals surface area (Å²) in [4.78, 5) is 24.0. The first-order valence-corrected chi connectivity index (χ1v) is 7.19. The number of carbonyl (C=O) groups excluding carboxylic acids is 2. The predicted octanol–water partition coefficient (Wildman–Crippen LogP) is 2.76. The predicted molar refractivity (Wildman–Crippen MR) is 82.4 cm³/mol.